The van der Waals surface area contributed by atoms with Crippen molar-refractivity contribution in [1.82, 2.24) is 0 Å². The number of carbonyl (C=O) groups is 2. The molecule has 0 bridgehead atoms. The highest BCUT2D eigenvalue weighted by Gasteiger charge is 2.34. The van der Waals surface area contributed by atoms with E-state index in [1.165, 1.54) is 16.2 Å². The molecule has 6 heteroatoms. The highest BCUT2D eigenvalue weighted by molar-refractivity contribution is 7.17. The summed E-state index contributed by atoms with van der Waals surface area (Å²) in [5.41, 5.74) is 2.79. The molecule has 30 heavy (non-hydrogen) atoms. The summed E-state index contributed by atoms with van der Waals surface area (Å²) in [4.78, 5) is 26.3. The second-order valence-corrected chi connectivity index (χ2v) is 9.87. The quantitative estimate of drug-likeness (QED) is 0.612. The standard InChI is InChI=1S/C24H31NO4S/c1-5-29-23(27)21-18-12-11-17(24(2,3)4)13-19(18)30-22(21)25-20(26)15-28-14-16-9-7-6-8-10-16/h6-10,17H,5,11-15H2,1-4H3,(H,25,26)/t17-/m1/s1. The maximum Gasteiger partial charge on any atom is 0.341 e. The number of anilines is 1. The van der Waals surface area contributed by atoms with Crippen LogP contribution in [0.5, 0.6) is 0 Å². The lowest BCUT2D eigenvalue weighted by Gasteiger charge is -2.33. The average Bonchev–Trinajstić information content (AvgIpc) is 3.05. The van der Waals surface area contributed by atoms with E-state index in [0.717, 1.165) is 30.4 Å². The van der Waals surface area contributed by atoms with Crippen molar-refractivity contribution in [3.63, 3.8) is 0 Å². The van der Waals surface area contributed by atoms with Crippen molar-refractivity contribution in [3.8, 4) is 0 Å². The maximum atomic E-state index is 12.7. The number of thiophene rings is 1. The second kappa shape index (κ2) is 9.75. The summed E-state index contributed by atoms with van der Waals surface area (Å²) in [6.45, 7) is 9.18. The summed E-state index contributed by atoms with van der Waals surface area (Å²) in [6.07, 6.45) is 2.80. The van der Waals surface area contributed by atoms with Crippen molar-refractivity contribution in [2.75, 3.05) is 18.5 Å². The molecule has 0 spiro atoms. The van der Waals surface area contributed by atoms with Crippen molar-refractivity contribution in [2.45, 2.75) is 53.6 Å². The molecule has 0 unspecified atom stereocenters. The van der Waals surface area contributed by atoms with Crippen molar-refractivity contribution >= 4 is 28.2 Å². The zero-order valence-corrected chi connectivity index (χ0v) is 19.1. The van der Waals surface area contributed by atoms with E-state index in [1.807, 2.05) is 30.3 Å². The monoisotopic (exact) mass is 429 g/mol. The van der Waals surface area contributed by atoms with Gasteiger partial charge in [-0.25, -0.2) is 4.79 Å². The summed E-state index contributed by atoms with van der Waals surface area (Å²) in [6, 6.07) is 9.72. The predicted molar refractivity (Wildman–Crippen MR) is 120 cm³/mol. The number of hydrogen-bond donors (Lipinski definition) is 1. The van der Waals surface area contributed by atoms with Crippen LogP contribution in [0.25, 0.3) is 0 Å². The van der Waals surface area contributed by atoms with Gasteiger partial charge in [-0.05, 0) is 48.6 Å². The third kappa shape index (κ3) is 5.49. The van der Waals surface area contributed by atoms with Gasteiger partial charge in [0.25, 0.3) is 5.91 Å². The van der Waals surface area contributed by atoms with Gasteiger partial charge >= 0.3 is 5.97 Å². The van der Waals surface area contributed by atoms with Crippen molar-refractivity contribution in [3.05, 3.63) is 51.9 Å². The average molecular weight is 430 g/mol. The molecule has 1 heterocycles. The first-order chi connectivity index (χ1) is 14.3. The minimum Gasteiger partial charge on any atom is -0.462 e. The van der Waals surface area contributed by atoms with Gasteiger partial charge in [0.1, 0.15) is 11.6 Å². The Labute approximate surface area is 182 Å². The predicted octanol–water partition coefficient (Wildman–Crippen LogP) is 5.23. The number of benzene rings is 1. The Hall–Kier alpha value is -2.18. The first-order valence-electron chi connectivity index (χ1n) is 10.5. The molecule has 0 saturated carbocycles. The maximum absolute atomic E-state index is 12.7. The van der Waals surface area contributed by atoms with Gasteiger partial charge in [0.05, 0.1) is 18.8 Å². The fraction of sp³-hybridized carbons (Fsp3) is 0.500. The molecule has 0 aliphatic heterocycles. The van der Waals surface area contributed by atoms with E-state index in [-0.39, 0.29) is 23.9 Å². The molecule has 5 nitrogen and oxygen atoms in total. The fourth-order valence-corrected chi connectivity index (χ4v) is 5.16. The number of ether oxygens (including phenoxy) is 2. The van der Waals surface area contributed by atoms with E-state index in [1.54, 1.807) is 6.92 Å². The Bertz CT molecular complexity index is 883. The summed E-state index contributed by atoms with van der Waals surface area (Å²) in [5, 5.41) is 3.49. The Balaban J connectivity index is 1.72. The zero-order chi connectivity index (χ0) is 21.7. The lowest BCUT2D eigenvalue weighted by molar-refractivity contribution is -0.120. The smallest absolute Gasteiger partial charge is 0.341 e. The van der Waals surface area contributed by atoms with Crippen LogP contribution < -0.4 is 5.32 Å². The number of esters is 1. The number of carbonyl (C=O) groups excluding carboxylic acids is 2. The Morgan fingerprint density at radius 3 is 2.60 bits per heavy atom. The summed E-state index contributed by atoms with van der Waals surface area (Å²) >= 11 is 1.51. The summed E-state index contributed by atoms with van der Waals surface area (Å²) in [7, 11) is 0. The minimum atomic E-state index is -0.357. The van der Waals surface area contributed by atoms with Crippen LogP contribution >= 0.6 is 11.3 Å². The van der Waals surface area contributed by atoms with Crippen molar-refractivity contribution < 1.29 is 19.1 Å². The topological polar surface area (TPSA) is 64.6 Å². The molecule has 1 aromatic carbocycles. The van der Waals surface area contributed by atoms with Gasteiger partial charge in [0.15, 0.2) is 0 Å². The molecule has 162 valence electrons. The number of hydrogen-bond acceptors (Lipinski definition) is 5. The molecule has 3 rings (SSSR count). The van der Waals surface area contributed by atoms with E-state index in [2.05, 4.69) is 26.1 Å². The van der Waals surface area contributed by atoms with Gasteiger partial charge in [-0.2, -0.15) is 0 Å². The van der Waals surface area contributed by atoms with Gasteiger partial charge in [0, 0.05) is 4.88 Å². The molecule has 0 fully saturated rings. The normalized spacial score (nSPS) is 16.1. The zero-order valence-electron chi connectivity index (χ0n) is 18.2. The van der Waals surface area contributed by atoms with Gasteiger partial charge < -0.3 is 14.8 Å². The Morgan fingerprint density at radius 2 is 1.93 bits per heavy atom. The molecule has 1 aromatic heterocycles. The molecule has 1 aliphatic carbocycles. The summed E-state index contributed by atoms with van der Waals surface area (Å²) < 4.78 is 10.8. The van der Waals surface area contributed by atoms with Crippen LogP contribution in [0.2, 0.25) is 0 Å². The molecule has 2 aromatic rings. The van der Waals surface area contributed by atoms with E-state index >= 15 is 0 Å². The highest BCUT2D eigenvalue weighted by Crippen LogP contribution is 2.44. The second-order valence-electron chi connectivity index (χ2n) is 8.76. The van der Waals surface area contributed by atoms with Crippen LogP contribution in [0, 0.1) is 11.3 Å². The van der Waals surface area contributed by atoms with Crippen LogP contribution in [0.15, 0.2) is 30.3 Å². The van der Waals surface area contributed by atoms with Crippen molar-refractivity contribution in [2.24, 2.45) is 11.3 Å². The lowest BCUT2D eigenvalue weighted by Crippen LogP contribution is -2.26. The SMILES string of the molecule is CCOC(=O)c1c(NC(=O)COCc2ccccc2)sc2c1CC[C@@H](C(C)(C)C)C2. The van der Waals surface area contributed by atoms with Crippen LogP contribution in [-0.2, 0) is 33.7 Å². The largest absolute Gasteiger partial charge is 0.462 e. The van der Waals surface area contributed by atoms with Gasteiger partial charge in [-0.15, -0.1) is 11.3 Å². The first kappa shape index (κ1) is 22.5. The molecule has 1 amide bonds. The highest BCUT2D eigenvalue weighted by atomic mass is 32.1. The van der Waals surface area contributed by atoms with E-state index < -0.39 is 0 Å². The molecular weight excluding hydrogens is 398 g/mol. The molecular formula is C24H31NO4S. The van der Waals surface area contributed by atoms with Crippen molar-refractivity contribution in [1.29, 1.82) is 0 Å². The van der Waals surface area contributed by atoms with Crippen LogP contribution in [-0.4, -0.2) is 25.1 Å². The molecule has 1 atom stereocenters. The molecule has 0 radical (unpaired) electrons. The Morgan fingerprint density at radius 1 is 1.20 bits per heavy atom. The van der Waals surface area contributed by atoms with Gasteiger partial charge in [-0.3, -0.25) is 4.79 Å². The number of nitrogens with one attached hydrogen (secondary N) is 1. The van der Waals surface area contributed by atoms with Crippen LogP contribution in [0.3, 0.4) is 0 Å². The lowest BCUT2D eigenvalue weighted by atomic mass is 9.72. The third-order valence-corrected chi connectivity index (χ3v) is 6.74. The number of amides is 1. The molecule has 1 N–H and O–H groups in total. The van der Waals surface area contributed by atoms with Gasteiger partial charge in [-0.1, -0.05) is 51.1 Å². The van der Waals surface area contributed by atoms with E-state index in [4.69, 9.17) is 9.47 Å². The number of rotatable bonds is 7. The van der Waals surface area contributed by atoms with Crippen LogP contribution in [0.4, 0.5) is 5.00 Å². The fourth-order valence-electron chi connectivity index (χ4n) is 3.83. The molecule has 0 saturated heterocycles. The van der Waals surface area contributed by atoms with Gasteiger partial charge in [0.2, 0.25) is 0 Å². The third-order valence-electron chi connectivity index (χ3n) is 5.57. The first-order valence-corrected chi connectivity index (χ1v) is 11.3. The summed E-state index contributed by atoms with van der Waals surface area (Å²) in [5.74, 6) is -0.0661. The van der Waals surface area contributed by atoms with E-state index in [0.29, 0.717) is 29.7 Å². The number of fused-ring (bicyclic) bond motifs is 1. The minimum absolute atomic E-state index is 0.0651. The molecule has 1 aliphatic rings. The van der Waals surface area contributed by atoms with E-state index in [9.17, 15) is 9.59 Å². The Kier molecular flexibility index (Phi) is 7.32. The van der Waals surface area contributed by atoms with Crippen LogP contribution in [0.1, 0.15) is 60.5 Å².